The quantitative estimate of drug-likeness (QED) is 0.480. The third-order valence-electron chi connectivity index (χ3n) is 1.97. The van der Waals surface area contributed by atoms with Crippen molar-refractivity contribution in [2.24, 2.45) is 0 Å². The van der Waals surface area contributed by atoms with Crippen LogP contribution in [-0.4, -0.2) is 6.54 Å². The summed E-state index contributed by atoms with van der Waals surface area (Å²) in [4.78, 5) is 0. The van der Waals surface area contributed by atoms with Crippen molar-refractivity contribution < 1.29 is 13.8 Å². The summed E-state index contributed by atoms with van der Waals surface area (Å²) in [6, 6.07) is 2.80. The number of benzene rings is 1. The van der Waals surface area contributed by atoms with Crippen LogP contribution in [0.3, 0.4) is 0 Å². The number of rotatable bonds is 1. The van der Waals surface area contributed by atoms with E-state index in [9.17, 15) is 14.0 Å². The SMILES string of the molecule is [O-][NH+]1CC1c1cc(F)ccc1F. The van der Waals surface area contributed by atoms with Gasteiger partial charge in [0.25, 0.3) is 0 Å². The molecule has 1 aliphatic rings. The van der Waals surface area contributed by atoms with Crippen molar-refractivity contribution >= 4 is 0 Å². The van der Waals surface area contributed by atoms with E-state index in [0.29, 0.717) is 6.54 Å². The molecule has 4 heteroatoms. The van der Waals surface area contributed by atoms with Crippen LogP contribution in [0.1, 0.15) is 11.6 Å². The topological polar surface area (TPSA) is 27.5 Å². The highest BCUT2D eigenvalue weighted by Crippen LogP contribution is 2.19. The molecule has 1 fully saturated rings. The number of hydrogen-bond acceptors (Lipinski definition) is 1. The van der Waals surface area contributed by atoms with E-state index in [0.717, 1.165) is 18.2 Å². The second kappa shape index (κ2) is 2.50. The van der Waals surface area contributed by atoms with E-state index in [1.54, 1.807) is 0 Å². The summed E-state index contributed by atoms with van der Waals surface area (Å²) in [6.45, 7) is 0.348. The molecule has 0 amide bonds. The van der Waals surface area contributed by atoms with E-state index >= 15 is 0 Å². The van der Waals surface area contributed by atoms with Crippen molar-refractivity contribution in [1.82, 2.24) is 0 Å². The number of hydroxylamine groups is 2. The zero-order valence-corrected chi connectivity index (χ0v) is 6.18. The fourth-order valence-electron chi connectivity index (χ4n) is 1.21. The van der Waals surface area contributed by atoms with Gasteiger partial charge >= 0.3 is 0 Å². The number of halogens is 2. The van der Waals surface area contributed by atoms with Gasteiger partial charge < -0.3 is 10.3 Å². The van der Waals surface area contributed by atoms with E-state index in [1.165, 1.54) is 0 Å². The van der Waals surface area contributed by atoms with E-state index in [-0.39, 0.29) is 16.7 Å². The maximum atomic E-state index is 12.9. The summed E-state index contributed by atoms with van der Waals surface area (Å²) in [7, 11) is 0. The first-order valence-electron chi connectivity index (χ1n) is 3.66. The maximum absolute atomic E-state index is 12.9. The Morgan fingerprint density at radius 2 is 2.08 bits per heavy atom. The number of nitrogens with one attached hydrogen (secondary N) is 1. The lowest BCUT2D eigenvalue weighted by Gasteiger charge is -2.01. The Hall–Kier alpha value is -1.00. The van der Waals surface area contributed by atoms with Gasteiger partial charge in [-0.3, -0.25) is 0 Å². The average Bonchev–Trinajstić information content (AvgIpc) is 2.73. The standard InChI is InChI=1S/C8H7F2NO/c9-5-1-2-7(10)6(3-5)8-4-11(8)12/h1-3,8,11H,4H2. The molecule has 1 aromatic rings. The molecule has 0 saturated carbocycles. The number of quaternary nitrogens is 1. The summed E-state index contributed by atoms with van der Waals surface area (Å²) in [5.74, 6) is -0.988. The Kier molecular flexibility index (Phi) is 1.59. The fourth-order valence-corrected chi connectivity index (χ4v) is 1.21. The molecule has 2 unspecified atom stereocenters. The zero-order valence-electron chi connectivity index (χ0n) is 6.18. The van der Waals surface area contributed by atoms with Crippen LogP contribution in [0.25, 0.3) is 0 Å². The molecule has 2 rings (SSSR count). The van der Waals surface area contributed by atoms with Crippen LogP contribution in [-0.2, 0) is 0 Å². The first-order valence-corrected chi connectivity index (χ1v) is 3.66. The van der Waals surface area contributed by atoms with Crippen LogP contribution in [0.5, 0.6) is 0 Å². The Morgan fingerprint density at radius 1 is 1.42 bits per heavy atom. The van der Waals surface area contributed by atoms with Crippen LogP contribution in [0, 0.1) is 16.8 Å². The molecule has 0 bridgehead atoms. The van der Waals surface area contributed by atoms with Crippen LogP contribution >= 0.6 is 0 Å². The van der Waals surface area contributed by atoms with Gasteiger partial charge in [-0.2, -0.15) is 0 Å². The lowest BCUT2D eigenvalue weighted by atomic mass is 10.1. The molecule has 64 valence electrons. The second-order valence-corrected chi connectivity index (χ2v) is 2.89. The lowest BCUT2D eigenvalue weighted by Crippen LogP contribution is -2.85. The largest absolute Gasteiger partial charge is 0.634 e. The van der Waals surface area contributed by atoms with Gasteiger partial charge in [-0.15, -0.1) is 0 Å². The molecule has 0 radical (unpaired) electrons. The van der Waals surface area contributed by atoms with E-state index in [4.69, 9.17) is 0 Å². The van der Waals surface area contributed by atoms with Crippen molar-refractivity contribution in [1.29, 1.82) is 0 Å². The van der Waals surface area contributed by atoms with Gasteiger partial charge in [0.05, 0.1) is 5.56 Å². The molecular weight excluding hydrogens is 164 g/mol. The van der Waals surface area contributed by atoms with Gasteiger partial charge in [0.1, 0.15) is 18.2 Å². The summed E-state index contributed by atoms with van der Waals surface area (Å²) < 4.78 is 25.5. The highest BCUT2D eigenvalue weighted by Gasteiger charge is 2.37. The third kappa shape index (κ3) is 1.19. The molecule has 2 nitrogen and oxygen atoms in total. The van der Waals surface area contributed by atoms with Gasteiger partial charge in [0, 0.05) is 0 Å². The minimum absolute atomic E-state index is 0.0144. The zero-order chi connectivity index (χ0) is 8.72. The van der Waals surface area contributed by atoms with Crippen LogP contribution < -0.4 is 5.06 Å². The van der Waals surface area contributed by atoms with Gasteiger partial charge in [-0.25, -0.2) is 8.78 Å². The Morgan fingerprint density at radius 3 is 2.67 bits per heavy atom. The highest BCUT2D eigenvalue weighted by molar-refractivity contribution is 5.22. The molecule has 1 saturated heterocycles. The summed E-state index contributed by atoms with van der Waals surface area (Å²) in [5, 5.41) is 10.6. The molecular formula is C8H7F2NO. The lowest BCUT2D eigenvalue weighted by molar-refractivity contribution is -0.717. The Bertz CT molecular complexity index is 316. The molecule has 12 heavy (non-hydrogen) atoms. The van der Waals surface area contributed by atoms with E-state index in [2.05, 4.69) is 0 Å². The summed E-state index contributed by atoms with van der Waals surface area (Å²) >= 11 is 0. The minimum Gasteiger partial charge on any atom is -0.634 e. The van der Waals surface area contributed by atoms with Crippen molar-refractivity contribution in [3.8, 4) is 0 Å². The number of hydrogen-bond donors (Lipinski definition) is 1. The molecule has 1 N–H and O–H groups in total. The smallest absolute Gasteiger partial charge is 0.166 e. The van der Waals surface area contributed by atoms with E-state index < -0.39 is 11.6 Å². The molecule has 1 aromatic carbocycles. The molecule has 1 aliphatic heterocycles. The van der Waals surface area contributed by atoms with Crippen molar-refractivity contribution in [2.45, 2.75) is 6.04 Å². The molecule has 0 spiro atoms. The van der Waals surface area contributed by atoms with Gasteiger partial charge in [-0.1, -0.05) is 0 Å². The highest BCUT2D eigenvalue weighted by atomic mass is 19.1. The predicted octanol–water partition coefficient (Wildman–Crippen LogP) is 0.402. The molecule has 0 aromatic heterocycles. The van der Waals surface area contributed by atoms with Gasteiger partial charge in [0.2, 0.25) is 0 Å². The molecule has 1 heterocycles. The first kappa shape index (κ1) is 7.64. The minimum atomic E-state index is -0.494. The Labute approximate surface area is 68.0 Å². The van der Waals surface area contributed by atoms with Crippen molar-refractivity contribution in [3.63, 3.8) is 0 Å². The van der Waals surface area contributed by atoms with Crippen molar-refractivity contribution in [3.05, 3.63) is 40.6 Å². The van der Waals surface area contributed by atoms with Gasteiger partial charge in [0.15, 0.2) is 6.04 Å². The maximum Gasteiger partial charge on any atom is 0.166 e. The third-order valence-corrected chi connectivity index (χ3v) is 1.97. The van der Waals surface area contributed by atoms with Crippen molar-refractivity contribution in [2.75, 3.05) is 6.54 Å². The van der Waals surface area contributed by atoms with Crippen LogP contribution in [0.15, 0.2) is 18.2 Å². The van der Waals surface area contributed by atoms with Gasteiger partial charge in [-0.05, 0) is 18.2 Å². The predicted molar refractivity (Wildman–Crippen MR) is 38.3 cm³/mol. The second-order valence-electron chi connectivity index (χ2n) is 2.89. The molecule has 0 aliphatic carbocycles. The summed E-state index contributed by atoms with van der Waals surface area (Å²) in [5.41, 5.74) is 0.194. The summed E-state index contributed by atoms with van der Waals surface area (Å²) in [6.07, 6.45) is 0. The average molecular weight is 171 g/mol. The fraction of sp³-hybridized carbons (Fsp3) is 0.250. The normalized spacial score (nSPS) is 27.2. The van der Waals surface area contributed by atoms with E-state index in [1.807, 2.05) is 0 Å². The van der Waals surface area contributed by atoms with Crippen LogP contribution in [0.2, 0.25) is 0 Å². The van der Waals surface area contributed by atoms with Crippen LogP contribution in [0.4, 0.5) is 8.78 Å². The molecule has 2 atom stereocenters. The Balaban J connectivity index is 2.36. The monoisotopic (exact) mass is 171 g/mol. The first-order chi connectivity index (χ1) is 5.68.